The zero-order valence-corrected chi connectivity index (χ0v) is 17.4. The highest BCUT2D eigenvalue weighted by Crippen LogP contribution is 2.31. The number of thiophene rings is 1. The van der Waals surface area contributed by atoms with Gasteiger partial charge < -0.3 is 9.47 Å². The van der Waals surface area contributed by atoms with E-state index in [0.29, 0.717) is 20.2 Å². The van der Waals surface area contributed by atoms with Gasteiger partial charge in [-0.15, -0.1) is 16.4 Å². The molecule has 0 bridgehead atoms. The molecule has 4 aromatic rings. The predicted molar refractivity (Wildman–Crippen MR) is 111 cm³/mol. The van der Waals surface area contributed by atoms with Crippen molar-refractivity contribution in [1.82, 2.24) is 19.1 Å². The lowest BCUT2D eigenvalue weighted by Gasteiger charge is -2.05. The van der Waals surface area contributed by atoms with Crippen LogP contribution >= 0.6 is 34.5 Å². The molecule has 1 aromatic carbocycles. The number of halogens is 1. The Kier molecular flexibility index (Phi) is 5.56. The smallest absolute Gasteiger partial charge is 0.326 e. The number of nitrogens with zero attached hydrogens (tertiary/aromatic N) is 4. The van der Waals surface area contributed by atoms with Crippen LogP contribution in [0.2, 0.25) is 4.34 Å². The van der Waals surface area contributed by atoms with Crippen LogP contribution < -0.4 is 10.3 Å². The molecular formula is C18H13ClN4O4S2. The third-order valence-electron chi connectivity index (χ3n) is 4.06. The van der Waals surface area contributed by atoms with Gasteiger partial charge in [0.1, 0.15) is 33.6 Å². The Bertz CT molecular complexity index is 1230. The standard InChI is InChI=1S/C18H13ClN4O4S2/c1-26-11-4-2-10(3-5-11)14-6-12-16(28-14)18(25)23(9-20-12)7-15(24)27-8-13-17(19)29-22-21-13/h2-6,9H,7-8H2,1H3. The van der Waals surface area contributed by atoms with Crippen molar-refractivity contribution < 1.29 is 14.3 Å². The molecule has 3 aromatic heterocycles. The second-order valence-electron chi connectivity index (χ2n) is 5.89. The molecule has 148 valence electrons. The first-order chi connectivity index (χ1) is 14.0. The second kappa shape index (κ2) is 8.27. The van der Waals surface area contributed by atoms with E-state index in [9.17, 15) is 9.59 Å². The summed E-state index contributed by atoms with van der Waals surface area (Å²) in [5, 5.41) is 3.77. The molecule has 8 nitrogen and oxygen atoms in total. The highest BCUT2D eigenvalue weighted by molar-refractivity contribution is 7.22. The number of rotatable bonds is 6. The van der Waals surface area contributed by atoms with Gasteiger partial charge in [0.15, 0.2) is 0 Å². The molecule has 29 heavy (non-hydrogen) atoms. The van der Waals surface area contributed by atoms with Gasteiger partial charge in [0.2, 0.25) is 0 Å². The summed E-state index contributed by atoms with van der Waals surface area (Å²) >= 11 is 8.21. The number of aromatic nitrogens is 4. The number of esters is 1. The third-order valence-corrected chi connectivity index (χ3v) is 6.20. The van der Waals surface area contributed by atoms with E-state index in [1.165, 1.54) is 22.2 Å². The number of carbonyl (C=O) groups is 1. The van der Waals surface area contributed by atoms with Crippen LogP contribution in [-0.4, -0.2) is 32.2 Å². The summed E-state index contributed by atoms with van der Waals surface area (Å²) in [6.45, 7) is -0.355. The Morgan fingerprint density at radius 1 is 1.28 bits per heavy atom. The van der Waals surface area contributed by atoms with Gasteiger partial charge in [0, 0.05) is 16.4 Å². The summed E-state index contributed by atoms with van der Waals surface area (Å²) in [4.78, 5) is 30.0. The minimum atomic E-state index is -0.593. The number of hydrogen-bond acceptors (Lipinski definition) is 9. The van der Waals surface area contributed by atoms with Gasteiger partial charge in [-0.25, -0.2) is 4.98 Å². The van der Waals surface area contributed by atoms with Gasteiger partial charge in [-0.3, -0.25) is 14.2 Å². The fourth-order valence-electron chi connectivity index (χ4n) is 2.57. The Balaban J connectivity index is 1.53. The van der Waals surface area contributed by atoms with Crippen LogP contribution in [-0.2, 0) is 22.7 Å². The molecule has 11 heteroatoms. The molecule has 3 heterocycles. The van der Waals surface area contributed by atoms with Crippen LogP contribution in [0.15, 0.2) is 41.5 Å². The van der Waals surface area contributed by atoms with Crippen LogP contribution in [0, 0.1) is 0 Å². The maximum Gasteiger partial charge on any atom is 0.326 e. The average molecular weight is 449 g/mol. The summed E-state index contributed by atoms with van der Waals surface area (Å²) in [6, 6.07) is 9.38. The Morgan fingerprint density at radius 2 is 2.07 bits per heavy atom. The van der Waals surface area contributed by atoms with Crippen molar-refractivity contribution in [3.8, 4) is 16.2 Å². The Hall–Kier alpha value is -2.82. The van der Waals surface area contributed by atoms with Crippen LogP contribution in [0.25, 0.3) is 20.7 Å². The van der Waals surface area contributed by atoms with Gasteiger partial charge >= 0.3 is 5.97 Å². The number of benzene rings is 1. The van der Waals surface area contributed by atoms with E-state index in [0.717, 1.165) is 27.7 Å². The lowest BCUT2D eigenvalue weighted by molar-refractivity contribution is -0.145. The van der Waals surface area contributed by atoms with Crippen molar-refractivity contribution in [2.24, 2.45) is 0 Å². The quantitative estimate of drug-likeness (QED) is 0.417. The van der Waals surface area contributed by atoms with Crippen molar-refractivity contribution >= 4 is 50.7 Å². The predicted octanol–water partition coefficient (Wildman–Crippen LogP) is 3.38. The zero-order chi connectivity index (χ0) is 20.4. The van der Waals surface area contributed by atoms with Gasteiger partial charge in [0.25, 0.3) is 5.56 Å². The molecule has 0 amide bonds. The van der Waals surface area contributed by atoms with Gasteiger partial charge in [0.05, 0.1) is 19.0 Å². The fraction of sp³-hybridized carbons (Fsp3) is 0.167. The minimum absolute atomic E-state index is 0.0980. The van der Waals surface area contributed by atoms with Gasteiger partial charge in [-0.2, -0.15) is 0 Å². The molecule has 0 aliphatic carbocycles. The number of methoxy groups -OCH3 is 1. The fourth-order valence-corrected chi connectivity index (χ4v) is 4.24. The maximum atomic E-state index is 12.8. The summed E-state index contributed by atoms with van der Waals surface area (Å²) in [5.74, 6) is 0.160. The number of ether oxygens (including phenoxy) is 2. The number of hydrogen-bond donors (Lipinski definition) is 0. The van der Waals surface area contributed by atoms with Crippen LogP contribution in [0.3, 0.4) is 0 Å². The highest BCUT2D eigenvalue weighted by Gasteiger charge is 2.14. The molecule has 0 atom stereocenters. The van der Waals surface area contributed by atoms with Gasteiger partial charge in [-0.05, 0) is 35.9 Å². The largest absolute Gasteiger partial charge is 0.497 e. The normalized spacial score (nSPS) is 11.0. The second-order valence-corrected chi connectivity index (χ2v) is 8.29. The first-order valence-electron chi connectivity index (χ1n) is 8.31. The monoisotopic (exact) mass is 448 g/mol. The first kappa shape index (κ1) is 19.5. The van der Waals surface area contributed by atoms with E-state index >= 15 is 0 Å². The maximum absolute atomic E-state index is 12.8. The molecule has 0 aliphatic heterocycles. The van der Waals surface area contributed by atoms with E-state index in [4.69, 9.17) is 21.1 Å². The summed E-state index contributed by atoms with van der Waals surface area (Å²) in [7, 11) is 1.61. The van der Waals surface area contributed by atoms with Crippen LogP contribution in [0.4, 0.5) is 0 Å². The van der Waals surface area contributed by atoms with Crippen molar-refractivity contribution in [2.75, 3.05) is 7.11 Å². The molecule has 4 rings (SSSR count). The summed E-state index contributed by atoms with van der Waals surface area (Å²) < 4.78 is 16.0. The average Bonchev–Trinajstić information content (AvgIpc) is 3.35. The Labute approximate surface area is 177 Å². The molecule has 0 aliphatic rings. The van der Waals surface area contributed by atoms with E-state index in [-0.39, 0.29) is 18.7 Å². The van der Waals surface area contributed by atoms with E-state index < -0.39 is 5.97 Å². The van der Waals surface area contributed by atoms with E-state index in [1.54, 1.807) is 7.11 Å². The number of carbonyl (C=O) groups excluding carboxylic acids is 1. The molecule has 0 fully saturated rings. The van der Waals surface area contributed by atoms with E-state index in [1.807, 2.05) is 30.3 Å². The number of fused-ring (bicyclic) bond motifs is 1. The topological polar surface area (TPSA) is 96.2 Å². The van der Waals surface area contributed by atoms with Crippen LogP contribution in [0.1, 0.15) is 5.69 Å². The highest BCUT2D eigenvalue weighted by atomic mass is 35.5. The zero-order valence-electron chi connectivity index (χ0n) is 15.0. The molecule has 0 spiro atoms. The van der Waals surface area contributed by atoms with Crippen molar-refractivity contribution in [2.45, 2.75) is 13.2 Å². The SMILES string of the molecule is COc1ccc(-c2cc3ncn(CC(=O)OCc4nnsc4Cl)c(=O)c3s2)cc1. The molecule has 0 unspecified atom stereocenters. The molecule has 0 radical (unpaired) electrons. The van der Waals surface area contributed by atoms with Crippen molar-refractivity contribution in [3.63, 3.8) is 0 Å². The van der Waals surface area contributed by atoms with Gasteiger partial charge in [-0.1, -0.05) is 16.1 Å². The Morgan fingerprint density at radius 3 is 2.76 bits per heavy atom. The molecule has 0 N–H and O–H groups in total. The third kappa shape index (κ3) is 4.14. The molecular weight excluding hydrogens is 436 g/mol. The van der Waals surface area contributed by atoms with Crippen LogP contribution in [0.5, 0.6) is 5.75 Å². The summed E-state index contributed by atoms with van der Waals surface area (Å²) in [5.41, 5.74) is 1.61. The van der Waals surface area contributed by atoms with Crippen molar-refractivity contribution in [3.05, 3.63) is 57.0 Å². The lowest BCUT2D eigenvalue weighted by atomic mass is 10.2. The van der Waals surface area contributed by atoms with Crippen molar-refractivity contribution in [1.29, 1.82) is 0 Å². The van der Waals surface area contributed by atoms with E-state index in [2.05, 4.69) is 14.6 Å². The minimum Gasteiger partial charge on any atom is -0.497 e. The first-order valence-corrected chi connectivity index (χ1v) is 10.3. The summed E-state index contributed by atoms with van der Waals surface area (Å²) in [6.07, 6.45) is 1.34. The lowest BCUT2D eigenvalue weighted by Crippen LogP contribution is -2.25. The molecule has 0 saturated carbocycles. The molecule has 0 saturated heterocycles.